The summed E-state index contributed by atoms with van der Waals surface area (Å²) in [6.45, 7) is 9.59. The van der Waals surface area contributed by atoms with Gasteiger partial charge < -0.3 is 10.1 Å². The van der Waals surface area contributed by atoms with Crippen molar-refractivity contribution in [2.75, 3.05) is 13.2 Å². The molecule has 1 aromatic carbocycles. The Morgan fingerprint density at radius 1 is 1.44 bits per heavy atom. The number of hydrogen-bond acceptors (Lipinski definition) is 2. The highest BCUT2D eigenvalue weighted by molar-refractivity contribution is 9.10. The first kappa shape index (κ1) is 15.6. The highest BCUT2D eigenvalue weighted by Gasteiger charge is 2.19. The molecule has 2 nitrogen and oxygen atoms in total. The normalized spacial score (nSPS) is 13.7. The fourth-order valence-electron chi connectivity index (χ4n) is 1.80. The molecule has 1 atom stereocenters. The van der Waals surface area contributed by atoms with Crippen LogP contribution in [0, 0.1) is 5.82 Å². The van der Waals surface area contributed by atoms with Crippen molar-refractivity contribution in [1.29, 1.82) is 0 Å². The van der Waals surface area contributed by atoms with Gasteiger partial charge in [0.15, 0.2) is 0 Å². The van der Waals surface area contributed by atoms with E-state index in [1.807, 2.05) is 6.92 Å². The summed E-state index contributed by atoms with van der Waals surface area (Å²) in [6, 6.07) is 4.90. The Balaban J connectivity index is 2.63. The van der Waals surface area contributed by atoms with E-state index >= 15 is 0 Å². The topological polar surface area (TPSA) is 21.3 Å². The van der Waals surface area contributed by atoms with Gasteiger partial charge in [0.25, 0.3) is 0 Å². The molecule has 0 saturated carbocycles. The standard InChI is InChI=1S/C14H21BrFNO/c1-5-18-14(3,4)9-17-10(2)12-7-6-11(16)8-13(12)15/h6-8,10,17H,5,9H2,1-4H3. The highest BCUT2D eigenvalue weighted by Crippen LogP contribution is 2.24. The minimum atomic E-state index is -0.229. The van der Waals surface area contributed by atoms with Crippen molar-refractivity contribution in [3.8, 4) is 0 Å². The quantitative estimate of drug-likeness (QED) is 0.854. The van der Waals surface area contributed by atoms with Crippen LogP contribution in [-0.2, 0) is 4.74 Å². The Bertz CT molecular complexity index is 395. The van der Waals surface area contributed by atoms with Crippen LogP contribution in [0.3, 0.4) is 0 Å². The lowest BCUT2D eigenvalue weighted by molar-refractivity contribution is -0.0103. The fourth-order valence-corrected chi connectivity index (χ4v) is 2.50. The van der Waals surface area contributed by atoms with Crippen molar-refractivity contribution in [2.24, 2.45) is 0 Å². The lowest BCUT2D eigenvalue weighted by Crippen LogP contribution is -2.38. The first-order chi connectivity index (χ1) is 8.35. The third-order valence-electron chi connectivity index (χ3n) is 2.80. The van der Waals surface area contributed by atoms with E-state index in [1.165, 1.54) is 12.1 Å². The number of halogens is 2. The highest BCUT2D eigenvalue weighted by atomic mass is 79.9. The lowest BCUT2D eigenvalue weighted by Gasteiger charge is -2.27. The first-order valence-electron chi connectivity index (χ1n) is 6.18. The molecule has 1 rings (SSSR count). The molecule has 1 aromatic rings. The van der Waals surface area contributed by atoms with Gasteiger partial charge in [0, 0.05) is 23.7 Å². The summed E-state index contributed by atoms with van der Waals surface area (Å²) in [5, 5.41) is 3.41. The van der Waals surface area contributed by atoms with Gasteiger partial charge in [-0.2, -0.15) is 0 Å². The molecule has 0 bridgehead atoms. The Hall–Kier alpha value is -0.450. The van der Waals surface area contributed by atoms with Gasteiger partial charge in [-0.15, -0.1) is 0 Å². The molecular weight excluding hydrogens is 297 g/mol. The van der Waals surface area contributed by atoms with Crippen molar-refractivity contribution in [3.63, 3.8) is 0 Å². The average Bonchev–Trinajstić information content (AvgIpc) is 2.26. The van der Waals surface area contributed by atoms with Crippen molar-refractivity contribution < 1.29 is 9.13 Å². The van der Waals surface area contributed by atoms with Crippen LogP contribution >= 0.6 is 15.9 Å². The second kappa shape index (κ2) is 6.64. The molecule has 0 fully saturated rings. The minimum absolute atomic E-state index is 0.139. The van der Waals surface area contributed by atoms with E-state index in [0.29, 0.717) is 6.61 Å². The zero-order valence-corrected chi connectivity index (χ0v) is 13.0. The van der Waals surface area contributed by atoms with Crippen LogP contribution in [0.1, 0.15) is 39.3 Å². The zero-order chi connectivity index (χ0) is 13.8. The Labute approximate surface area is 117 Å². The van der Waals surface area contributed by atoms with Crippen LogP contribution in [0.5, 0.6) is 0 Å². The first-order valence-corrected chi connectivity index (χ1v) is 6.97. The fraction of sp³-hybridized carbons (Fsp3) is 0.571. The molecule has 0 aliphatic rings. The van der Waals surface area contributed by atoms with Gasteiger partial charge in [-0.25, -0.2) is 4.39 Å². The maximum absolute atomic E-state index is 13.0. The van der Waals surface area contributed by atoms with Gasteiger partial charge in [-0.1, -0.05) is 22.0 Å². The molecule has 0 spiro atoms. The van der Waals surface area contributed by atoms with Gasteiger partial charge in [0.05, 0.1) is 5.60 Å². The van der Waals surface area contributed by atoms with Gasteiger partial charge in [0.2, 0.25) is 0 Å². The molecular formula is C14H21BrFNO. The predicted molar refractivity (Wildman–Crippen MR) is 76.2 cm³/mol. The number of benzene rings is 1. The molecule has 18 heavy (non-hydrogen) atoms. The van der Waals surface area contributed by atoms with Crippen molar-refractivity contribution in [1.82, 2.24) is 5.32 Å². The van der Waals surface area contributed by atoms with Crippen LogP contribution in [0.2, 0.25) is 0 Å². The molecule has 0 heterocycles. The van der Waals surface area contributed by atoms with Crippen molar-refractivity contribution >= 4 is 15.9 Å². The van der Waals surface area contributed by atoms with Crippen LogP contribution in [0.15, 0.2) is 22.7 Å². The molecule has 0 aromatic heterocycles. The van der Waals surface area contributed by atoms with Crippen molar-refractivity contribution in [3.05, 3.63) is 34.1 Å². The third-order valence-corrected chi connectivity index (χ3v) is 3.48. The number of nitrogens with one attached hydrogen (secondary N) is 1. The molecule has 0 aliphatic carbocycles. The Morgan fingerprint density at radius 2 is 2.11 bits per heavy atom. The van der Waals surface area contributed by atoms with Crippen molar-refractivity contribution in [2.45, 2.75) is 39.3 Å². The summed E-state index contributed by atoms with van der Waals surface area (Å²) in [7, 11) is 0. The predicted octanol–water partition coefficient (Wildman–Crippen LogP) is 4.05. The Kier molecular flexibility index (Phi) is 5.76. The summed E-state index contributed by atoms with van der Waals surface area (Å²) in [6.07, 6.45) is 0. The molecule has 0 amide bonds. The maximum atomic E-state index is 13.0. The van der Waals surface area contributed by atoms with Crippen LogP contribution in [0.25, 0.3) is 0 Å². The summed E-state index contributed by atoms with van der Waals surface area (Å²) < 4.78 is 19.4. The van der Waals surface area contributed by atoms with Gasteiger partial charge in [-0.05, 0) is 45.4 Å². The second-order valence-electron chi connectivity index (χ2n) is 4.96. The van der Waals surface area contributed by atoms with Crippen LogP contribution in [0.4, 0.5) is 4.39 Å². The van der Waals surface area contributed by atoms with E-state index in [-0.39, 0.29) is 17.5 Å². The molecule has 0 radical (unpaired) electrons. The molecule has 102 valence electrons. The van der Waals surface area contributed by atoms with E-state index in [2.05, 4.69) is 42.0 Å². The Morgan fingerprint density at radius 3 is 2.67 bits per heavy atom. The number of ether oxygens (including phenoxy) is 1. The molecule has 1 N–H and O–H groups in total. The minimum Gasteiger partial charge on any atom is -0.375 e. The van der Waals surface area contributed by atoms with E-state index in [4.69, 9.17) is 4.74 Å². The summed E-state index contributed by atoms with van der Waals surface area (Å²) in [5.41, 5.74) is 0.846. The van der Waals surface area contributed by atoms with Gasteiger partial charge in [-0.3, -0.25) is 0 Å². The van der Waals surface area contributed by atoms with Gasteiger partial charge >= 0.3 is 0 Å². The van der Waals surface area contributed by atoms with E-state index in [9.17, 15) is 4.39 Å². The van der Waals surface area contributed by atoms with E-state index in [1.54, 1.807) is 6.07 Å². The number of hydrogen-bond donors (Lipinski definition) is 1. The maximum Gasteiger partial charge on any atom is 0.124 e. The molecule has 0 aliphatic heterocycles. The third kappa shape index (κ3) is 4.67. The molecule has 0 saturated heterocycles. The average molecular weight is 318 g/mol. The summed E-state index contributed by atoms with van der Waals surface area (Å²) >= 11 is 3.39. The van der Waals surface area contributed by atoms with Gasteiger partial charge in [0.1, 0.15) is 5.82 Å². The molecule has 1 unspecified atom stereocenters. The molecule has 4 heteroatoms. The number of rotatable bonds is 6. The monoisotopic (exact) mass is 317 g/mol. The van der Waals surface area contributed by atoms with E-state index in [0.717, 1.165) is 16.6 Å². The second-order valence-corrected chi connectivity index (χ2v) is 5.82. The largest absolute Gasteiger partial charge is 0.375 e. The summed E-state index contributed by atoms with van der Waals surface area (Å²) in [5.74, 6) is -0.229. The van der Waals surface area contributed by atoms with E-state index < -0.39 is 0 Å². The lowest BCUT2D eigenvalue weighted by atomic mass is 10.1. The van der Waals surface area contributed by atoms with Crippen LogP contribution < -0.4 is 5.32 Å². The SMILES string of the molecule is CCOC(C)(C)CNC(C)c1ccc(F)cc1Br. The summed E-state index contributed by atoms with van der Waals surface area (Å²) in [4.78, 5) is 0. The zero-order valence-electron chi connectivity index (χ0n) is 11.4. The van der Waals surface area contributed by atoms with Crippen LogP contribution in [-0.4, -0.2) is 18.8 Å². The smallest absolute Gasteiger partial charge is 0.124 e.